The number of fused-ring (bicyclic) bond motifs is 1. The third-order valence-corrected chi connectivity index (χ3v) is 3.13. The summed E-state index contributed by atoms with van der Waals surface area (Å²) in [7, 11) is 1.65. The molecule has 0 unspecified atom stereocenters. The Kier molecular flexibility index (Phi) is 3.94. The normalized spacial score (nSPS) is 10.5. The molecule has 0 aromatic carbocycles. The van der Waals surface area contributed by atoms with Crippen LogP contribution < -0.4 is 5.32 Å². The van der Waals surface area contributed by atoms with E-state index in [0.29, 0.717) is 30.4 Å². The van der Waals surface area contributed by atoms with Crippen molar-refractivity contribution in [3.8, 4) is 17.6 Å². The van der Waals surface area contributed by atoms with Crippen molar-refractivity contribution < 1.29 is 4.74 Å². The Balaban J connectivity index is 1.97. The molecule has 0 saturated carbocycles. The third-order valence-electron chi connectivity index (χ3n) is 3.13. The molecule has 0 saturated heterocycles. The average Bonchev–Trinajstić information content (AvgIpc) is 2.98. The first-order chi connectivity index (χ1) is 10.8. The first kappa shape index (κ1) is 14.0. The summed E-state index contributed by atoms with van der Waals surface area (Å²) in [5.41, 5.74) is 2.04. The van der Waals surface area contributed by atoms with E-state index in [1.807, 2.05) is 4.40 Å². The molecular weight excluding hydrogens is 280 g/mol. The second-order valence-corrected chi connectivity index (χ2v) is 4.59. The number of hydrogen-bond acceptors (Lipinski definition) is 6. The van der Waals surface area contributed by atoms with Crippen LogP contribution in [-0.2, 0) is 4.74 Å². The summed E-state index contributed by atoms with van der Waals surface area (Å²) < 4.78 is 6.81. The first-order valence-electron chi connectivity index (χ1n) is 6.75. The number of nitrogens with one attached hydrogen (secondary N) is 1. The van der Waals surface area contributed by atoms with Crippen LogP contribution in [0.5, 0.6) is 0 Å². The second kappa shape index (κ2) is 6.20. The van der Waals surface area contributed by atoms with Gasteiger partial charge in [-0.05, 0) is 18.2 Å². The lowest BCUT2D eigenvalue weighted by Gasteiger charge is -2.06. The van der Waals surface area contributed by atoms with E-state index in [2.05, 4.69) is 26.3 Å². The van der Waals surface area contributed by atoms with Crippen LogP contribution in [0.1, 0.15) is 5.56 Å². The van der Waals surface area contributed by atoms with Crippen LogP contribution in [0.4, 0.5) is 5.82 Å². The molecule has 0 aliphatic rings. The number of nitrogens with zero attached hydrogens (tertiary/aromatic N) is 5. The lowest BCUT2D eigenvalue weighted by atomic mass is 10.3. The summed E-state index contributed by atoms with van der Waals surface area (Å²) in [6.45, 7) is 1.26. The molecule has 0 aliphatic heterocycles. The van der Waals surface area contributed by atoms with Crippen LogP contribution >= 0.6 is 0 Å². The van der Waals surface area contributed by atoms with Crippen LogP contribution in [0.2, 0.25) is 0 Å². The van der Waals surface area contributed by atoms with E-state index in [-0.39, 0.29) is 0 Å². The monoisotopic (exact) mass is 294 g/mol. The zero-order chi connectivity index (χ0) is 15.4. The van der Waals surface area contributed by atoms with Crippen molar-refractivity contribution in [2.45, 2.75) is 0 Å². The highest BCUT2D eigenvalue weighted by molar-refractivity contribution is 5.59. The SMILES string of the molecule is COCCNc1ccnc(-c2cnc3ccc(C#N)cn23)n1. The van der Waals surface area contributed by atoms with Gasteiger partial charge in [-0.2, -0.15) is 5.26 Å². The van der Waals surface area contributed by atoms with Gasteiger partial charge in [0.15, 0.2) is 5.82 Å². The maximum absolute atomic E-state index is 9.02. The highest BCUT2D eigenvalue weighted by atomic mass is 16.5. The van der Waals surface area contributed by atoms with E-state index in [1.54, 1.807) is 43.9 Å². The summed E-state index contributed by atoms with van der Waals surface area (Å²) in [5.74, 6) is 1.26. The molecule has 3 aromatic heterocycles. The van der Waals surface area contributed by atoms with Crippen molar-refractivity contribution in [1.82, 2.24) is 19.4 Å². The predicted octanol–water partition coefficient (Wildman–Crippen LogP) is 1.72. The zero-order valence-corrected chi connectivity index (χ0v) is 12.0. The fourth-order valence-electron chi connectivity index (χ4n) is 2.07. The highest BCUT2D eigenvalue weighted by Gasteiger charge is 2.10. The number of pyridine rings is 1. The van der Waals surface area contributed by atoms with Crippen LogP contribution in [0, 0.1) is 11.3 Å². The Bertz CT molecular complexity index is 835. The van der Waals surface area contributed by atoms with Crippen LogP contribution in [-0.4, -0.2) is 39.6 Å². The molecule has 110 valence electrons. The molecule has 7 nitrogen and oxygen atoms in total. The maximum Gasteiger partial charge on any atom is 0.180 e. The molecule has 22 heavy (non-hydrogen) atoms. The lowest BCUT2D eigenvalue weighted by molar-refractivity contribution is 0.210. The first-order valence-corrected chi connectivity index (χ1v) is 6.75. The highest BCUT2D eigenvalue weighted by Crippen LogP contribution is 2.18. The molecule has 3 rings (SSSR count). The van der Waals surface area contributed by atoms with Crippen molar-refractivity contribution in [3.63, 3.8) is 0 Å². The molecule has 0 fully saturated rings. The molecular formula is C15H14N6O. The van der Waals surface area contributed by atoms with E-state index in [9.17, 15) is 0 Å². The number of ether oxygens (including phenoxy) is 1. The van der Waals surface area contributed by atoms with Gasteiger partial charge < -0.3 is 10.1 Å². The number of nitriles is 1. The Morgan fingerprint density at radius 1 is 1.32 bits per heavy atom. The van der Waals surface area contributed by atoms with E-state index >= 15 is 0 Å². The van der Waals surface area contributed by atoms with Gasteiger partial charge in [0.05, 0.1) is 18.4 Å². The minimum absolute atomic E-state index is 0.546. The fourth-order valence-corrected chi connectivity index (χ4v) is 2.07. The summed E-state index contributed by atoms with van der Waals surface area (Å²) >= 11 is 0. The fraction of sp³-hybridized carbons (Fsp3) is 0.200. The second-order valence-electron chi connectivity index (χ2n) is 4.59. The molecule has 0 bridgehead atoms. The van der Waals surface area contributed by atoms with Crippen molar-refractivity contribution in [2.24, 2.45) is 0 Å². The Morgan fingerprint density at radius 2 is 2.23 bits per heavy atom. The van der Waals surface area contributed by atoms with E-state index in [0.717, 1.165) is 11.3 Å². The molecule has 7 heteroatoms. The number of methoxy groups -OCH3 is 1. The molecule has 1 N–H and O–H groups in total. The van der Waals surface area contributed by atoms with Gasteiger partial charge in [0.2, 0.25) is 0 Å². The van der Waals surface area contributed by atoms with Crippen LogP contribution in [0.25, 0.3) is 17.2 Å². The summed E-state index contributed by atoms with van der Waals surface area (Å²) in [6.07, 6.45) is 5.11. The van der Waals surface area contributed by atoms with Crippen molar-refractivity contribution in [2.75, 3.05) is 25.6 Å². The van der Waals surface area contributed by atoms with Gasteiger partial charge in [-0.15, -0.1) is 0 Å². The summed E-state index contributed by atoms with van der Waals surface area (Å²) in [5, 5.41) is 12.2. The quantitative estimate of drug-likeness (QED) is 0.721. The van der Waals surface area contributed by atoms with Crippen molar-refractivity contribution in [3.05, 3.63) is 42.4 Å². The smallest absolute Gasteiger partial charge is 0.180 e. The summed E-state index contributed by atoms with van der Waals surface area (Å²) in [4.78, 5) is 13.1. The standard InChI is InChI=1S/C15H14N6O/c1-22-7-6-17-13-4-5-18-15(20-13)12-9-19-14-3-2-11(8-16)10-21(12)14/h2-5,9-10H,6-7H2,1H3,(H,17,18,20). The number of rotatable bonds is 5. The Morgan fingerprint density at radius 3 is 3.05 bits per heavy atom. The Labute approximate surface area is 127 Å². The van der Waals surface area contributed by atoms with Gasteiger partial charge in [0, 0.05) is 26.0 Å². The number of hydrogen-bond donors (Lipinski definition) is 1. The molecule has 0 spiro atoms. The molecule has 0 amide bonds. The topological polar surface area (TPSA) is 88.1 Å². The summed E-state index contributed by atoms with van der Waals surface area (Å²) in [6, 6.07) is 7.44. The predicted molar refractivity (Wildman–Crippen MR) is 81.3 cm³/mol. The largest absolute Gasteiger partial charge is 0.383 e. The van der Waals surface area contributed by atoms with Crippen molar-refractivity contribution >= 4 is 11.5 Å². The van der Waals surface area contributed by atoms with E-state index < -0.39 is 0 Å². The number of anilines is 1. The van der Waals surface area contributed by atoms with Gasteiger partial charge >= 0.3 is 0 Å². The van der Waals surface area contributed by atoms with Gasteiger partial charge in [-0.3, -0.25) is 4.40 Å². The van der Waals surface area contributed by atoms with Gasteiger partial charge in [0.1, 0.15) is 23.2 Å². The third kappa shape index (κ3) is 2.73. The number of imidazole rings is 1. The minimum atomic E-state index is 0.546. The van der Waals surface area contributed by atoms with Crippen molar-refractivity contribution in [1.29, 1.82) is 5.26 Å². The van der Waals surface area contributed by atoms with Crippen LogP contribution in [0.15, 0.2) is 36.8 Å². The lowest BCUT2D eigenvalue weighted by Crippen LogP contribution is -2.09. The molecule has 3 heterocycles. The molecule has 0 radical (unpaired) electrons. The molecule has 0 atom stereocenters. The minimum Gasteiger partial charge on any atom is -0.383 e. The Hall–Kier alpha value is -2.98. The number of aromatic nitrogens is 4. The maximum atomic E-state index is 9.02. The zero-order valence-electron chi connectivity index (χ0n) is 12.0. The van der Waals surface area contributed by atoms with E-state index in [1.165, 1.54) is 0 Å². The molecule has 3 aromatic rings. The van der Waals surface area contributed by atoms with Gasteiger partial charge in [0.25, 0.3) is 0 Å². The average molecular weight is 294 g/mol. The van der Waals surface area contributed by atoms with Crippen LogP contribution in [0.3, 0.4) is 0 Å². The van der Waals surface area contributed by atoms with Gasteiger partial charge in [-0.1, -0.05) is 0 Å². The van der Waals surface area contributed by atoms with Gasteiger partial charge in [-0.25, -0.2) is 15.0 Å². The molecule has 0 aliphatic carbocycles. The van der Waals surface area contributed by atoms with E-state index in [4.69, 9.17) is 10.00 Å².